The third-order valence-electron chi connectivity index (χ3n) is 9.99. The number of aromatic nitrogens is 7. The Bertz CT molecular complexity index is 2270. The van der Waals surface area contributed by atoms with Crippen LogP contribution in [0.15, 0.2) is 37.1 Å². The monoisotopic (exact) mass is 978 g/mol. The number of likely N-dealkylation sites (tertiary alicyclic amines) is 1. The summed E-state index contributed by atoms with van der Waals surface area (Å²) in [6.07, 6.45) is -7.72. The van der Waals surface area contributed by atoms with Crippen LogP contribution in [0.25, 0.3) is 22.3 Å². The van der Waals surface area contributed by atoms with Crippen LogP contribution in [0.4, 0.5) is 52.7 Å². The molecule has 5 N–H and O–H groups in total. The van der Waals surface area contributed by atoms with E-state index in [4.69, 9.17) is 39.2 Å². The van der Waals surface area contributed by atoms with Crippen molar-refractivity contribution in [3.63, 3.8) is 0 Å². The molecule has 7 rings (SSSR count). The molecule has 368 valence electrons. The molecule has 3 aliphatic rings. The van der Waals surface area contributed by atoms with Gasteiger partial charge in [0.2, 0.25) is 11.7 Å². The molecule has 0 amide bonds. The number of hydrogen-bond donors (Lipinski definition) is 5. The molecule has 2 aliphatic heterocycles. The van der Waals surface area contributed by atoms with Gasteiger partial charge in [-0.1, -0.05) is 0 Å². The second-order valence-electron chi connectivity index (χ2n) is 14.8. The van der Waals surface area contributed by atoms with Gasteiger partial charge in [-0.2, -0.15) is 68.0 Å². The van der Waals surface area contributed by atoms with Gasteiger partial charge in [0.25, 0.3) is 0 Å². The Hall–Kier alpha value is -6.35. The van der Waals surface area contributed by atoms with Gasteiger partial charge in [0.1, 0.15) is 23.6 Å². The third kappa shape index (κ3) is 15.3. The molecule has 0 spiro atoms. The fourth-order valence-electron chi connectivity index (χ4n) is 6.88. The lowest BCUT2D eigenvalue weighted by Gasteiger charge is -2.53. The molecule has 0 aromatic carbocycles. The van der Waals surface area contributed by atoms with Crippen molar-refractivity contribution in [1.82, 2.24) is 44.9 Å². The fourth-order valence-corrected chi connectivity index (χ4v) is 6.88. The zero-order valence-corrected chi connectivity index (χ0v) is 34.2. The van der Waals surface area contributed by atoms with E-state index >= 15 is 0 Å². The maximum absolute atomic E-state index is 13.6. The van der Waals surface area contributed by atoms with Crippen molar-refractivity contribution in [2.24, 2.45) is 0 Å². The van der Waals surface area contributed by atoms with Crippen molar-refractivity contribution < 1.29 is 91.9 Å². The Labute approximate surface area is 368 Å². The quantitative estimate of drug-likeness (QED) is 0.112. The maximum Gasteiger partial charge on any atom is 0.490 e. The van der Waals surface area contributed by atoms with Crippen LogP contribution in [0.1, 0.15) is 56.5 Å². The van der Waals surface area contributed by atoms with Gasteiger partial charge in [-0.05, 0) is 44.6 Å². The Morgan fingerprint density at radius 1 is 0.896 bits per heavy atom. The summed E-state index contributed by atoms with van der Waals surface area (Å²) in [7, 11) is 0. The molecule has 18 nitrogen and oxygen atoms in total. The smallest absolute Gasteiger partial charge is 0.475 e. The average Bonchev–Trinajstić information content (AvgIpc) is 4.02. The molecular weight excluding hydrogens is 940 g/mol. The fraction of sp³-hybridized carbons (Fsp3) is 0.541. The molecule has 0 radical (unpaired) electrons. The Morgan fingerprint density at radius 2 is 1.49 bits per heavy atom. The molecule has 1 saturated carbocycles. The topological polar surface area (TPSA) is 255 Å². The maximum atomic E-state index is 13.6. The number of aromatic amines is 1. The van der Waals surface area contributed by atoms with E-state index < -0.39 is 54.0 Å². The van der Waals surface area contributed by atoms with Gasteiger partial charge in [0.15, 0.2) is 0 Å². The molecule has 3 fully saturated rings. The summed E-state index contributed by atoms with van der Waals surface area (Å²) < 4.78 is 149. The Balaban J connectivity index is 0.000000389. The van der Waals surface area contributed by atoms with Crippen molar-refractivity contribution >= 4 is 28.9 Å². The van der Waals surface area contributed by atoms with Gasteiger partial charge < -0.3 is 35.1 Å². The predicted octanol–water partition coefficient (Wildman–Crippen LogP) is 6.11. The SMILES string of the molecule is N#CCC1(n2cc(-c3ncnc4[nH]ccc34)cn2)CN([C@H]2CC[C@@H](Oc3cc(CNC[C@@H]4CCCO4)nc(C(F)(F)F)n3)CC2)C1.O=C(O)C(F)(F)F.O=C(O)C(F)(F)F.O=C(O)C(F)(F)F. The summed E-state index contributed by atoms with van der Waals surface area (Å²) in [4.78, 5) is 48.3. The zero-order chi connectivity index (χ0) is 50.0. The minimum Gasteiger partial charge on any atom is -0.475 e. The molecule has 1 atom stereocenters. The Morgan fingerprint density at radius 3 is 2.01 bits per heavy atom. The van der Waals surface area contributed by atoms with Crippen molar-refractivity contribution in [2.75, 3.05) is 26.2 Å². The van der Waals surface area contributed by atoms with Gasteiger partial charge in [-0.15, -0.1) is 0 Å². The number of halogens is 12. The lowest BCUT2D eigenvalue weighted by atomic mass is 9.82. The van der Waals surface area contributed by atoms with Gasteiger partial charge >= 0.3 is 42.6 Å². The first-order chi connectivity index (χ1) is 31.1. The number of carboxylic acids is 3. The summed E-state index contributed by atoms with van der Waals surface area (Å²) >= 11 is 0. The first kappa shape index (κ1) is 53.3. The molecule has 6 heterocycles. The molecule has 67 heavy (non-hydrogen) atoms. The van der Waals surface area contributed by atoms with E-state index in [9.17, 15) is 57.9 Å². The van der Waals surface area contributed by atoms with Crippen molar-refractivity contribution in [2.45, 2.75) is 100.0 Å². The van der Waals surface area contributed by atoms with Crippen molar-refractivity contribution in [3.8, 4) is 23.2 Å². The molecule has 4 aromatic heterocycles. The number of nitriles is 1. The van der Waals surface area contributed by atoms with E-state index in [0.717, 1.165) is 48.0 Å². The molecule has 30 heteroatoms. The number of alkyl halides is 12. The standard InChI is InChI=1S/C31H35F3N10O2.3C2HF3O2/c32-31(33,34)29-41-21(14-36-15-24-2-1-11-45-24)12-26(42-29)46-23-5-3-22(4-6-23)43-17-30(18-43,8-9-35)44-16-20(13-40-44)27-25-7-10-37-28(25)39-19-38-27;3*3-2(4,5)1(6)7/h7,10,12-13,16,19,22-24,36H,1-6,8,11,14-15,17-18H2,(H,37,38,39);3*(H,6,7)/t22-,23+,24-;;;/m0.../s1. The van der Waals surface area contributed by atoms with Crippen molar-refractivity contribution in [1.29, 1.82) is 5.26 Å². The molecule has 2 saturated heterocycles. The number of nitrogens with one attached hydrogen (secondary N) is 2. The first-order valence-corrected chi connectivity index (χ1v) is 19.4. The summed E-state index contributed by atoms with van der Waals surface area (Å²) in [5.41, 5.74) is 2.20. The van der Waals surface area contributed by atoms with Crippen LogP contribution < -0.4 is 10.1 Å². The predicted molar refractivity (Wildman–Crippen MR) is 200 cm³/mol. The highest BCUT2D eigenvalue weighted by Crippen LogP contribution is 2.39. The van der Waals surface area contributed by atoms with Crippen LogP contribution >= 0.6 is 0 Å². The van der Waals surface area contributed by atoms with Gasteiger partial charge in [0, 0.05) is 68.2 Å². The van der Waals surface area contributed by atoms with E-state index in [1.807, 2.05) is 23.1 Å². The summed E-state index contributed by atoms with van der Waals surface area (Å²) in [6, 6.07) is 6.06. The third-order valence-corrected chi connectivity index (χ3v) is 9.99. The summed E-state index contributed by atoms with van der Waals surface area (Å²) in [6.45, 7) is 2.80. The van der Waals surface area contributed by atoms with Gasteiger partial charge in [0.05, 0.1) is 36.2 Å². The van der Waals surface area contributed by atoms with Crippen molar-refractivity contribution in [3.05, 3.63) is 48.6 Å². The first-order valence-electron chi connectivity index (χ1n) is 19.4. The molecule has 4 aromatic rings. The second-order valence-corrected chi connectivity index (χ2v) is 14.8. The number of rotatable bonds is 10. The normalized spacial score (nSPS) is 19.5. The van der Waals surface area contributed by atoms with Crippen LogP contribution in [-0.4, -0.2) is 136 Å². The molecule has 0 bridgehead atoms. The number of nitrogens with zero attached hydrogens (tertiary/aromatic N) is 8. The van der Waals surface area contributed by atoms with Gasteiger partial charge in [-0.3, -0.25) is 9.58 Å². The van der Waals surface area contributed by atoms with Crippen LogP contribution in [0, 0.1) is 11.3 Å². The molecular formula is C37H38F12N10O8. The van der Waals surface area contributed by atoms with E-state index in [2.05, 4.69) is 46.3 Å². The van der Waals surface area contributed by atoms with Crippen LogP contribution in [0.5, 0.6) is 5.88 Å². The summed E-state index contributed by atoms with van der Waals surface area (Å²) in [5.74, 6) is -9.51. The molecule has 0 unspecified atom stereocenters. The largest absolute Gasteiger partial charge is 0.490 e. The second kappa shape index (κ2) is 22.0. The number of fused-ring (bicyclic) bond motifs is 1. The zero-order valence-electron chi connectivity index (χ0n) is 34.2. The average molecular weight is 979 g/mol. The molecule has 1 aliphatic carbocycles. The Kier molecular flexibility index (Phi) is 17.5. The van der Waals surface area contributed by atoms with E-state index in [0.29, 0.717) is 45.5 Å². The van der Waals surface area contributed by atoms with E-state index in [1.165, 1.54) is 12.4 Å². The van der Waals surface area contributed by atoms with E-state index in [-0.39, 0.29) is 36.4 Å². The van der Waals surface area contributed by atoms with Gasteiger partial charge in [-0.25, -0.2) is 29.3 Å². The lowest BCUT2D eigenvalue weighted by molar-refractivity contribution is -0.193. The number of hydrogen-bond acceptors (Lipinski definition) is 13. The number of ether oxygens (including phenoxy) is 2. The minimum absolute atomic E-state index is 0.0493. The lowest BCUT2D eigenvalue weighted by Crippen LogP contribution is -2.65. The number of carboxylic acid groups (broad SMARTS) is 3. The van der Waals surface area contributed by atoms with Crippen LogP contribution in [0.3, 0.4) is 0 Å². The number of carbonyl (C=O) groups is 3. The van der Waals surface area contributed by atoms with Crippen LogP contribution in [0.2, 0.25) is 0 Å². The highest BCUT2D eigenvalue weighted by molar-refractivity contribution is 5.90. The van der Waals surface area contributed by atoms with Crippen LogP contribution in [-0.2, 0) is 37.4 Å². The minimum atomic E-state index is -5.08. The highest BCUT2D eigenvalue weighted by Gasteiger charge is 2.48. The highest BCUT2D eigenvalue weighted by atomic mass is 19.4. The number of aliphatic carboxylic acids is 3. The number of H-pyrrole nitrogens is 1. The van der Waals surface area contributed by atoms with E-state index in [1.54, 1.807) is 6.20 Å². The summed E-state index contributed by atoms with van der Waals surface area (Å²) in [5, 5.41) is 39.8.